The van der Waals surface area contributed by atoms with E-state index in [9.17, 15) is 13.9 Å². The summed E-state index contributed by atoms with van der Waals surface area (Å²) in [5.74, 6) is 0.228. The van der Waals surface area contributed by atoms with E-state index in [2.05, 4.69) is 9.46 Å². The van der Waals surface area contributed by atoms with Crippen molar-refractivity contribution in [2.75, 3.05) is 0 Å². The molecule has 1 aromatic rings. The van der Waals surface area contributed by atoms with Crippen molar-refractivity contribution in [1.29, 1.82) is 0 Å². The van der Waals surface area contributed by atoms with Crippen LogP contribution in [0.4, 0.5) is 4.79 Å². The maximum absolute atomic E-state index is 10.4. The second kappa shape index (κ2) is 4.02. The Hall–Kier alpha value is -1.48. The third-order valence-electron chi connectivity index (χ3n) is 2.43. The molecule has 1 aliphatic rings. The van der Waals surface area contributed by atoms with Crippen molar-refractivity contribution in [3.63, 3.8) is 0 Å². The molecule has 7 nitrogen and oxygen atoms in total. The number of benzene rings is 1. The van der Waals surface area contributed by atoms with E-state index in [4.69, 9.17) is 9.29 Å². The van der Waals surface area contributed by atoms with Gasteiger partial charge in [-0.05, 0) is 26.0 Å². The lowest BCUT2D eigenvalue weighted by Gasteiger charge is -2.42. The lowest BCUT2D eigenvalue weighted by atomic mass is 9.94. The summed E-state index contributed by atoms with van der Waals surface area (Å²) in [5, 5.41) is 8.51. The maximum atomic E-state index is 10.4. The highest BCUT2D eigenvalue weighted by Gasteiger charge is 2.39. The van der Waals surface area contributed by atoms with Crippen LogP contribution in [0.25, 0.3) is 0 Å². The summed E-state index contributed by atoms with van der Waals surface area (Å²) in [4.78, 5) is 10.4. The number of hydrogen-bond donors (Lipinski definition) is 4. The van der Waals surface area contributed by atoms with Gasteiger partial charge in [0.05, 0.1) is 5.54 Å². The lowest BCUT2D eigenvalue weighted by Crippen LogP contribution is -2.44. The molecule has 0 atom stereocenters. The fraction of sp³-hybridized carbons (Fsp3) is 0.300. The van der Waals surface area contributed by atoms with Crippen LogP contribution in [0.15, 0.2) is 18.2 Å². The van der Waals surface area contributed by atoms with Crippen molar-refractivity contribution >= 4 is 17.2 Å². The average molecular weight is 275 g/mol. The molecule has 0 aliphatic carbocycles. The highest BCUT2D eigenvalue weighted by molar-refractivity contribution is 8.18. The van der Waals surface area contributed by atoms with Gasteiger partial charge in [0.2, 0.25) is 11.1 Å². The molecule has 100 valence electrons. The van der Waals surface area contributed by atoms with Gasteiger partial charge in [-0.1, -0.05) is 0 Å². The fourth-order valence-electron chi connectivity index (χ4n) is 1.79. The van der Waals surface area contributed by atoms with Crippen LogP contribution in [0.3, 0.4) is 0 Å². The molecule has 0 unspecified atom stereocenters. The first-order valence-corrected chi connectivity index (χ1v) is 6.49. The van der Waals surface area contributed by atoms with Crippen LogP contribution in [0, 0.1) is 0 Å². The average Bonchev–Trinajstić information content (AvgIpc) is 2.11. The Balaban J connectivity index is 2.43. The van der Waals surface area contributed by atoms with Gasteiger partial charge in [-0.15, -0.1) is 0 Å². The summed E-state index contributed by atoms with van der Waals surface area (Å²) in [6.07, 6.45) is -1.45. The van der Waals surface area contributed by atoms with Gasteiger partial charge in [0.15, 0.2) is 5.75 Å². The molecule has 1 heterocycles. The number of nitrogens with one attached hydrogen (secondary N) is 1. The smallest absolute Gasteiger partial charge is 0.449 e. The first kappa shape index (κ1) is 13.0. The van der Waals surface area contributed by atoms with Crippen molar-refractivity contribution < 1.29 is 27.9 Å². The molecule has 4 N–H and O–H groups in total. The van der Waals surface area contributed by atoms with Gasteiger partial charge in [-0.25, -0.2) is 4.79 Å². The maximum Gasteiger partial charge on any atom is 0.511 e. The summed E-state index contributed by atoms with van der Waals surface area (Å²) in [5.41, 5.74) is -0.0415. The number of carboxylic acid groups (broad SMARTS) is 1. The molecule has 2 rings (SSSR count). The highest BCUT2D eigenvalue weighted by atomic mass is 32.3. The molecule has 0 bridgehead atoms. The molecular weight excluding hydrogens is 262 g/mol. The molecular formula is C10H13NO6S. The Kier molecular flexibility index (Phi) is 2.90. The second-order valence-corrected chi connectivity index (χ2v) is 5.70. The molecule has 1 aromatic carbocycles. The summed E-state index contributed by atoms with van der Waals surface area (Å²) in [7, 11) is 0. The molecule has 0 aromatic heterocycles. The third kappa shape index (κ3) is 2.51. The summed E-state index contributed by atoms with van der Waals surface area (Å²) in [6, 6.07) is 4.38. The zero-order valence-corrected chi connectivity index (χ0v) is 10.5. The van der Waals surface area contributed by atoms with E-state index in [1.807, 2.05) is 0 Å². The molecule has 0 saturated heterocycles. The van der Waals surface area contributed by atoms with Crippen LogP contribution in [-0.2, 0) is 5.54 Å². The van der Waals surface area contributed by atoms with E-state index in [0.717, 1.165) is 0 Å². The summed E-state index contributed by atoms with van der Waals surface area (Å²) in [6.45, 7) is 3.50. The van der Waals surface area contributed by atoms with Gasteiger partial charge in [0, 0.05) is 11.6 Å². The first-order valence-electron chi connectivity index (χ1n) is 5.01. The predicted molar refractivity (Wildman–Crippen MR) is 64.7 cm³/mol. The van der Waals surface area contributed by atoms with Gasteiger partial charge in [0.1, 0.15) is 5.75 Å². The van der Waals surface area contributed by atoms with Gasteiger partial charge < -0.3 is 14.0 Å². The van der Waals surface area contributed by atoms with Crippen LogP contribution in [0.2, 0.25) is 0 Å². The molecule has 18 heavy (non-hydrogen) atoms. The normalized spacial score (nSPS) is 21.3. The standard InChI is InChI=1S/C10H13NO6S/c1-10(2)7-4-3-6(16-9(12)13)5-8(7)17-18(14,15)11-10/h3-5,11,14-15H,1-2H3,(H,12,13). The molecule has 0 amide bonds. The predicted octanol–water partition coefficient (Wildman–Crippen LogP) is 2.54. The number of rotatable bonds is 1. The Morgan fingerprint density at radius 1 is 1.44 bits per heavy atom. The van der Waals surface area contributed by atoms with Gasteiger partial charge in [-0.2, -0.15) is 4.72 Å². The van der Waals surface area contributed by atoms with Crippen molar-refractivity contribution in [3.8, 4) is 11.5 Å². The van der Waals surface area contributed by atoms with Gasteiger partial charge in [-0.3, -0.25) is 9.11 Å². The van der Waals surface area contributed by atoms with E-state index in [1.165, 1.54) is 12.1 Å². The third-order valence-corrected chi connectivity index (χ3v) is 3.61. The quantitative estimate of drug-likeness (QED) is 0.460. The summed E-state index contributed by atoms with van der Waals surface area (Å²) < 4.78 is 31.2. The zero-order chi connectivity index (χ0) is 13.6. The minimum Gasteiger partial charge on any atom is -0.449 e. The second-order valence-electron chi connectivity index (χ2n) is 4.33. The van der Waals surface area contributed by atoms with Crippen molar-refractivity contribution in [2.45, 2.75) is 19.4 Å². The molecule has 8 heteroatoms. The van der Waals surface area contributed by atoms with E-state index in [1.54, 1.807) is 19.9 Å². The molecule has 1 aliphatic heterocycles. The molecule has 0 spiro atoms. The SMILES string of the molecule is CC1(C)NS(O)(O)Oc2cc(OC(=O)O)ccc21. The monoisotopic (exact) mass is 275 g/mol. The van der Waals surface area contributed by atoms with Crippen LogP contribution in [-0.4, -0.2) is 20.4 Å². The minimum atomic E-state index is -3.40. The van der Waals surface area contributed by atoms with Crippen LogP contribution >= 0.6 is 11.1 Å². The number of hydrogen-bond acceptors (Lipinski definition) is 6. The minimum absolute atomic E-state index is 0.0501. The Labute approximate surface area is 105 Å². The first-order chi connectivity index (χ1) is 8.20. The van der Waals surface area contributed by atoms with Gasteiger partial charge >= 0.3 is 6.16 Å². The molecule has 0 radical (unpaired) electrons. The van der Waals surface area contributed by atoms with E-state index >= 15 is 0 Å². The highest BCUT2D eigenvalue weighted by Crippen LogP contribution is 2.50. The largest absolute Gasteiger partial charge is 0.511 e. The van der Waals surface area contributed by atoms with Crippen molar-refractivity contribution in [3.05, 3.63) is 23.8 Å². The number of carbonyl (C=O) groups is 1. The topological polar surface area (TPSA) is 108 Å². The van der Waals surface area contributed by atoms with Crippen LogP contribution in [0.5, 0.6) is 11.5 Å². The van der Waals surface area contributed by atoms with Crippen molar-refractivity contribution in [2.24, 2.45) is 0 Å². The van der Waals surface area contributed by atoms with Crippen LogP contribution in [0.1, 0.15) is 19.4 Å². The summed E-state index contributed by atoms with van der Waals surface area (Å²) >= 11 is -3.40. The van der Waals surface area contributed by atoms with E-state index in [0.29, 0.717) is 5.56 Å². The zero-order valence-electron chi connectivity index (χ0n) is 9.71. The molecule has 0 fully saturated rings. The molecule has 0 saturated carbocycles. The number of ether oxygens (including phenoxy) is 1. The lowest BCUT2D eigenvalue weighted by molar-refractivity contribution is 0.144. The van der Waals surface area contributed by atoms with Crippen molar-refractivity contribution in [1.82, 2.24) is 4.72 Å². The van der Waals surface area contributed by atoms with E-state index < -0.39 is 22.8 Å². The van der Waals surface area contributed by atoms with E-state index in [-0.39, 0.29) is 11.5 Å². The Morgan fingerprint density at radius 2 is 2.11 bits per heavy atom. The fourth-order valence-corrected chi connectivity index (χ4v) is 2.99. The van der Waals surface area contributed by atoms with Gasteiger partial charge in [0.25, 0.3) is 0 Å². The number of fused-ring (bicyclic) bond motifs is 1. The Bertz CT molecular complexity index is 501. The Morgan fingerprint density at radius 3 is 2.72 bits per heavy atom. The van der Waals surface area contributed by atoms with Crippen LogP contribution < -0.4 is 13.6 Å².